The maximum Gasteiger partial charge on any atom is 0.326 e. The molecule has 0 spiro atoms. The Bertz CT molecular complexity index is 190. The lowest BCUT2D eigenvalue weighted by molar-refractivity contribution is -0.144. The van der Waals surface area contributed by atoms with Gasteiger partial charge in [0, 0.05) is 0 Å². The number of rotatable bonds is 2. The first-order valence-electron chi connectivity index (χ1n) is 3.18. The molecule has 0 bridgehead atoms. The van der Waals surface area contributed by atoms with Crippen molar-refractivity contribution < 1.29 is 18.3 Å². The van der Waals surface area contributed by atoms with Crippen LogP contribution in [0.1, 0.15) is 6.42 Å². The smallest absolute Gasteiger partial charge is 0.326 e. The summed E-state index contributed by atoms with van der Waals surface area (Å²) in [4.78, 5) is 10.7. The molecule has 0 radical (unpaired) electrons. The number of hydrogen-bond acceptors (Lipinski definition) is 3. The van der Waals surface area contributed by atoms with E-state index < -0.39 is 23.9 Å². The number of hydrogen-bond donors (Lipinski definition) is 1. The SMILES string of the molecule is COC(=O)[C@]1(N)C[C@@H]1C(F)F.Cl. The van der Waals surface area contributed by atoms with Crippen LogP contribution in [0.15, 0.2) is 0 Å². The topological polar surface area (TPSA) is 52.3 Å². The van der Waals surface area contributed by atoms with Crippen molar-refractivity contribution in [1.82, 2.24) is 0 Å². The highest BCUT2D eigenvalue weighted by Crippen LogP contribution is 2.45. The summed E-state index contributed by atoms with van der Waals surface area (Å²) in [6, 6.07) is 0. The van der Waals surface area contributed by atoms with Crippen LogP contribution in [-0.4, -0.2) is 25.0 Å². The zero-order valence-corrected chi connectivity index (χ0v) is 7.24. The van der Waals surface area contributed by atoms with E-state index in [4.69, 9.17) is 5.73 Å². The van der Waals surface area contributed by atoms with Crippen molar-refractivity contribution in [2.75, 3.05) is 7.11 Å². The van der Waals surface area contributed by atoms with Gasteiger partial charge in [-0.25, -0.2) is 8.78 Å². The van der Waals surface area contributed by atoms with Gasteiger partial charge >= 0.3 is 5.97 Å². The predicted molar refractivity (Wildman–Crippen MR) is 40.3 cm³/mol. The van der Waals surface area contributed by atoms with Crippen LogP contribution in [0.25, 0.3) is 0 Å². The molecule has 0 aliphatic heterocycles. The number of esters is 1. The van der Waals surface area contributed by atoms with E-state index in [1.54, 1.807) is 0 Å². The number of alkyl halides is 2. The molecule has 1 rings (SSSR count). The fourth-order valence-corrected chi connectivity index (χ4v) is 1.04. The van der Waals surface area contributed by atoms with Gasteiger partial charge in [0.25, 0.3) is 0 Å². The molecule has 3 nitrogen and oxygen atoms in total. The predicted octanol–water partition coefficient (Wildman–Crippen LogP) is 0.564. The second kappa shape index (κ2) is 3.53. The summed E-state index contributed by atoms with van der Waals surface area (Å²) in [5.41, 5.74) is 3.88. The van der Waals surface area contributed by atoms with Gasteiger partial charge in [-0.3, -0.25) is 4.79 Å². The van der Waals surface area contributed by atoms with Crippen LogP contribution in [0.2, 0.25) is 0 Å². The van der Waals surface area contributed by atoms with Crippen molar-refractivity contribution in [2.45, 2.75) is 18.4 Å². The molecule has 2 atom stereocenters. The van der Waals surface area contributed by atoms with Gasteiger partial charge in [-0.05, 0) is 6.42 Å². The molecule has 1 aliphatic rings. The molecule has 0 unspecified atom stereocenters. The first-order valence-corrected chi connectivity index (χ1v) is 3.18. The van der Waals surface area contributed by atoms with Gasteiger partial charge in [0.1, 0.15) is 5.54 Å². The zero-order valence-electron chi connectivity index (χ0n) is 6.42. The highest BCUT2D eigenvalue weighted by atomic mass is 35.5. The van der Waals surface area contributed by atoms with E-state index in [0.717, 1.165) is 7.11 Å². The van der Waals surface area contributed by atoms with Crippen LogP contribution in [-0.2, 0) is 9.53 Å². The first kappa shape index (κ1) is 11.6. The summed E-state index contributed by atoms with van der Waals surface area (Å²) >= 11 is 0. The Kier molecular flexibility index (Phi) is 3.41. The molecular formula is C6H10ClF2NO2. The monoisotopic (exact) mass is 201 g/mol. The van der Waals surface area contributed by atoms with E-state index in [9.17, 15) is 13.6 Å². The van der Waals surface area contributed by atoms with Crippen LogP contribution in [0.4, 0.5) is 8.78 Å². The largest absolute Gasteiger partial charge is 0.468 e. The summed E-state index contributed by atoms with van der Waals surface area (Å²) in [5.74, 6) is -1.77. The lowest BCUT2D eigenvalue weighted by Crippen LogP contribution is -2.37. The van der Waals surface area contributed by atoms with Gasteiger partial charge in [-0.15, -0.1) is 12.4 Å². The minimum absolute atomic E-state index is 0. The number of halogens is 3. The summed E-state index contributed by atoms with van der Waals surface area (Å²) in [6.45, 7) is 0. The molecule has 2 N–H and O–H groups in total. The van der Waals surface area contributed by atoms with Gasteiger partial charge in [-0.1, -0.05) is 0 Å². The van der Waals surface area contributed by atoms with Gasteiger partial charge < -0.3 is 10.5 Å². The van der Waals surface area contributed by atoms with Crippen molar-refractivity contribution in [1.29, 1.82) is 0 Å². The maximum absolute atomic E-state index is 11.9. The van der Waals surface area contributed by atoms with Crippen LogP contribution < -0.4 is 5.73 Å². The molecule has 0 heterocycles. The van der Waals surface area contributed by atoms with Crippen LogP contribution in [0.5, 0.6) is 0 Å². The van der Waals surface area contributed by atoms with Gasteiger partial charge in [-0.2, -0.15) is 0 Å². The molecule has 0 aromatic carbocycles. The van der Waals surface area contributed by atoms with Crippen molar-refractivity contribution in [2.24, 2.45) is 11.7 Å². The zero-order chi connectivity index (χ0) is 8.65. The standard InChI is InChI=1S/C6H9F2NO2.ClH/c1-11-5(10)6(9)2-3(6)4(7)8;/h3-4H,2,9H2,1H3;1H/t3-,6+;/m1./s1. The summed E-state index contributed by atoms with van der Waals surface area (Å²) < 4.78 is 28.1. The lowest BCUT2D eigenvalue weighted by Gasteiger charge is -2.07. The average molecular weight is 202 g/mol. The fourth-order valence-electron chi connectivity index (χ4n) is 1.04. The molecule has 6 heteroatoms. The number of methoxy groups -OCH3 is 1. The number of carbonyl (C=O) groups is 1. The first-order chi connectivity index (χ1) is 5.02. The van der Waals surface area contributed by atoms with Crippen molar-refractivity contribution >= 4 is 18.4 Å². The normalized spacial score (nSPS) is 32.6. The van der Waals surface area contributed by atoms with Crippen molar-refractivity contribution in [3.05, 3.63) is 0 Å². The van der Waals surface area contributed by atoms with Crippen LogP contribution in [0, 0.1) is 5.92 Å². The van der Waals surface area contributed by atoms with Gasteiger partial charge in [0.2, 0.25) is 6.43 Å². The Labute approximate surface area is 74.7 Å². The Morgan fingerprint density at radius 2 is 2.25 bits per heavy atom. The van der Waals surface area contributed by atoms with Crippen LogP contribution in [0.3, 0.4) is 0 Å². The molecule has 1 saturated carbocycles. The third-order valence-electron chi connectivity index (χ3n) is 1.93. The Morgan fingerprint density at radius 3 is 2.50 bits per heavy atom. The Morgan fingerprint density at radius 1 is 1.75 bits per heavy atom. The molecule has 1 fully saturated rings. The summed E-state index contributed by atoms with van der Waals surface area (Å²) in [7, 11) is 1.14. The molecular weight excluding hydrogens is 192 g/mol. The molecule has 72 valence electrons. The van der Waals surface area contributed by atoms with E-state index in [0.29, 0.717) is 0 Å². The summed E-state index contributed by atoms with van der Waals surface area (Å²) in [5, 5.41) is 0. The highest BCUT2D eigenvalue weighted by Gasteiger charge is 2.62. The van der Waals surface area contributed by atoms with E-state index in [1.807, 2.05) is 0 Å². The molecule has 0 saturated heterocycles. The summed E-state index contributed by atoms with van der Waals surface area (Å²) in [6.07, 6.45) is -2.50. The second-order valence-corrected chi connectivity index (χ2v) is 2.68. The minimum Gasteiger partial charge on any atom is -0.468 e. The quantitative estimate of drug-likeness (QED) is 0.665. The van der Waals surface area contributed by atoms with E-state index in [-0.39, 0.29) is 18.8 Å². The number of carbonyl (C=O) groups excluding carboxylic acids is 1. The van der Waals surface area contributed by atoms with E-state index >= 15 is 0 Å². The van der Waals surface area contributed by atoms with Crippen molar-refractivity contribution in [3.63, 3.8) is 0 Å². The highest BCUT2D eigenvalue weighted by molar-refractivity contribution is 5.85. The number of ether oxygens (including phenoxy) is 1. The maximum atomic E-state index is 11.9. The molecule has 0 amide bonds. The van der Waals surface area contributed by atoms with Crippen molar-refractivity contribution in [3.8, 4) is 0 Å². The molecule has 0 aromatic rings. The van der Waals surface area contributed by atoms with E-state index in [1.165, 1.54) is 0 Å². The molecule has 0 aromatic heterocycles. The molecule has 12 heavy (non-hydrogen) atoms. The minimum atomic E-state index is -2.53. The third kappa shape index (κ3) is 1.67. The van der Waals surface area contributed by atoms with Gasteiger partial charge in [0.05, 0.1) is 13.0 Å². The Balaban J connectivity index is 0.00000121. The van der Waals surface area contributed by atoms with E-state index in [2.05, 4.69) is 4.74 Å². The Hall–Kier alpha value is -0.420. The average Bonchev–Trinajstić information content (AvgIpc) is 2.62. The second-order valence-electron chi connectivity index (χ2n) is 2.68. The lowest BCUT2D eigenvalue weighted by atomic mass is 10.2. The molecule has 1 aliphatic carbocycles. The number of nitrogens with two attached hydrogens (primary N) is 1. The fraction of sp³-hybridized carbons (Fsp3) is 0.833. The van der Waals surface area contributed by atoms with Crippen LogP contribution >= 0.6 is 12.4 Å². The van der Waals surface area contributed by atoms with Gasteiger partial charge in [0.15, 0.2) is 0 Å². The third-order valence-corrected chi connectivity index (χ3v) is 1.93.